The van der Waals surface area contributed by atoms with Crippen molar-refractivity contribution in [2.75, 3.05) is 27.2 Å². The van der Waals surface area contributed by atoms with E-state index in [2.05, 4.69) is 9.88 Å². The summed E-state index contributed by atoms with van der Waals surface area (Å²) in [5, 5.41) is 8.80. The summed E-state index contributed by atoms with van der Waals surface area (Å²) in [5.74, 6) is -1.19. The maximum atomic E-state index is 12.4. The molecule has 7 heteroatoms. The van der Waals surface area contributed by atoms with Crippen molar-refractivity contribution in [2.45, 2.75) is 18.9 Å². The predicted molar refractivity (Wildman–Crippen MR) is 71.7 cm³/mol. The molecule has 0 bridgehead atoms. The molecule has 1 amide bonds. The Bertz CT molecular complexity index is 486. The third-order valence-corrected chi connectivity index (χ3v) is 4.09. The summed E-state index contributed by atoms with van der Waals surface area (Å²) in [4.78, 5) is 31.2. The number of aromatic carboxylic acids is 1. The molecule has 2 rings (SSSR count). The Hall–Kier alpha value is -1.47. The fourth-order valence-corrected chi connectivity index (χ4v) is 3.04. The van der Waals surface area contributed by atoms with E-state index in [1.807, 2.05) is 19.0 Å². The highest BCUT2D eigenvalue weighted by molar-refractivity contribution is 7.15. The minimum absolute atomic E-state index is 0.0355. The fourth-order valence-electron chi connectivity index (χ4n) is 2.33. The number of nitrogens with zero attached hydrogens (tertiary/aromatic N) is 3. The number of carboxylic acids is 1. The second kappa shape index (κ2) is 5.66. The number of likely N-dealkylation sites (N-methyl/N-ethyl adjacent to an activating group) is 1. The Morgan fingerprint density at radius 1 is 1.58 bits per heavy atom. The van der Waals surface area contributed by atoms with E-state index in [1.165, 1.54) is 6.20 Å². The van der Waals surface area contributed by atoms with E-state index < -0.39 is 5.97 Å². The molecule has 0 spiro atoms. The van der Waals surface area contributed by atoms with Crippen molar-refractivity contribution in [2.24, 2.45) is 0 Å². The van der Waals surface area contributed by atoms with E-state index in [4.69, 9.17) is 5.11 Å². The van der Waals surface area contributed by atoms with Crippen LogP contribution in [-0.4, -0.2) is 65.0 Å². The highest BCUT2D eigenvalue weighted by Gasteiger charge is 2.31. The Kier molecular flexibility index (Phi) is 4.16. The molecule has 0 aliphatic carbocycles. The normalized spacial score (nSPS) is 19.1. The van der Waals surface area contributed by atoms with Gasteiger partial charge in [-0.3, -0.25) is 4.79 Å². The minimum atomic E-state index is -1.09. The first-order valence-corrected chi connectivity index (χ1v) is 6.95. The van der Waals surface area contributed by atoms with E-state index in [0.717, 1.165) is 37.3 Å². The van der Waals surface area contributed by atoms with Gasteiger partial charge in [0.25, 0.3) is 5.91 Å². The van der Waals surface area contributed by atoms with Gasteiger partial charge in [-0.25, -0.2) is 9.78 Å². The monoisotopic (exact) mass is 283 g/mol. The molecule has 19 heavy (non-hydrogen) atoms. The fraction of sp³-hybridized carbons (Fsp3) is 0.583. The first kappa shape index (κ1) is 14.0. The summed E-state index contributed by atoms with van der Waals surface area (Å²) in [6, 6.07) is 0.206. The molecule has 1 aromatic rings. The summed E-state index contributed by atoms with van der Waals surface area (Å²) in [6.45, 7) is 1.56. The van der Waals surface area contributed by atoms with E-state index in [1.54, 1.807) is 0 Å². The summed E-state index contributed by atoms with van der Waals surface area (Å²) in [6.07, 6.45) is 3.35. The number of carboxylic acid groups (broad SMARTS) is 1. The first-order chi connectivity index (χ1) is 8.99. The zero-order chi connectivity index (χ0) is 14.0. The third-order valence-electron chi connectivity index (χ3n) is 3.11. The molecule has 104 valence electrons. The molecule has 2 heterocycles. The van der Waals surface area contributed by atoms with Gasteiger partial charge in [-0.1, -0.05) is 0 Å². The number of hydrogen-bond acceptors (Lipinski definition) is 5. The molecule has 0 saturated carbocycles. The topological polar surface area (TPSA) is 73.7 Å². The van der Waals surface area contributed by atoms with Gasteiger partial charge in [-0.15, -0.1) is 11.3 Å². The molecule has 1 aliphatic heterocycles. The number of rotatable bonds is 4. The van der Waals surface area contributed by atoms with Gasteiger partial charge in [-0.2, -0.15) is 0 Å². The van der Waals surface area contributed by atoms with Crippen molar-refractivity contribution in [3.05, 3.63) is 16.1 Å². The summed E-state index contributed by atoms with van der Waals surface area (Å²) in [7, 11) is 3.96. The second-order valence-corrected chi connectivity index (χ2v) is 5.92. The van der Waals surface area contributed by atoms with Crippen LogP contribution in [-0.2, 0) is 0 Å². The number of carbonyl (C=O) groups is 2. The number of likely N-dealkylation sites (tertiary alicyclic amines) is 1. The molecule has 1 fully saturated rings. The van der Waals surface area contributed by atoms with Crippen molar-refractivity contribution in [1.29, 1.82) is 0 Å². The number of carbonyl (C=O) groups excluding carboxylic acids is 1. The maximum Gasteiger partial charge on any atom is 0.365 e. The zero-order valence-corrected chi connectivity index (χ0v) is 11.8. The highest BCUT2D eigenvalue weighted by atomic mass is 32.1. The standard InChI is InChI=1S/C12H17N3O3S/c1-14(2)7-8-4-3-5-15(8)11(16)9-6-13-10(19-9)12(17)18/h6,8H,3-5,7H2,1-2H3,(H,17,18). The lowest BCUT2D eigenvalue weighted by molar-refractivity contribution is 0.0693. The lowest BCUT2D eigenvalue weighted by Crippen LogP contribution is -2.41. The van der Waals surface area contributed by atoms with Crippen LogP contribution in [0.15, 0.2) is 6.20 Å². The smallest absolute Gasteiger partial charge is 0.365 e. The van der Waals surface area contributed by atoms with Crippen LogP contribution in [0.5, 0.6) is 0 Å². The molecule has 1 aliphatic rings. The van der Waals surface area contributed by atoms with Gasteiger partial charge in [0.2, 0.25) is 5.01 Å². The zero-order valence-electron chi connectivity index (χ0n) is 11.0. The lowest BCUT2D eigenvalue weighted by Gasteiger charge is -2.26. The average Bonchev–Trinajstić information content (AvgIpc) is 2.95. The molecule has 1 N–H and O–H groups in total. The Labute approximate surface area is 115 Å². The van der Waals surface area contributed by atoms with Gasteiger partial charge in [0.15, 0.2) is 0 Å². The lowest BCUT2D eigenvalue weighted by atomic mass is 10.2. The molecule has 1 aromatic heterocycles. The average molecular weight is 283 g/mol. The number of aromatic nitrogens is 1. The Morgan fingerprint density at radius 2 is 2.32 bits per heavy atom. The largest absolute Gasteiger partial charge is 0.476 e. The van der Waals surface area contributed by atoms with Crippen LogP contribution in [0.3, 0.4) is 0 Å². The van der Waals surface area contributed by atoms with E-state index >= 15 is 0 Å². The highest BCUT2D eigenvalue weighted by Crippen LogP contribution is 2.23. The van der Waals surface area contributed by atoms with Gasteiger partial charge in [0, 0.05) is 19.1 Å². The number of amides is 1. The quantitative estimate of drug-likeness (QED) is 0.892. The molecular weight excluding hydrogens is 266 g/mol. The van der Waals surface area contributed by atoms with Crippen molar-refractivity contribution in [3.63, 3.8) is 0 Å². The van der Waals surface area contributed by atoms with Crippen LogP contribution in [0.2, 0.25) is 0 Å². The van der Waals surface area contributed by atoms with Crippen LogP contribution < -0.4 is 0 Å². The molecular formula is C12H17N3O3S. The van der Waals surface area contributed by atoms with E-state index in [9.17, 15) is 9.59 Å². The van der Waals surface area contributed by atoms with Gasteiger partial charge < -0.3 is 14.9 Å². The molecule has 1 atom stereocenters. The van der Waals surface area contributed by atoms with E-state index in [0.29, 0.717) is 4.88 Å². The van der Waals surface area contributed by atoms with Crippen LogP contribution in [0.4, 0.5) is 0 Å². The number of thiazole rings is 1. The van der Waals surface area contributed by atoms with Crippen molar-refractivity contribution in [3.8, 4) is 0 Å². The number of hydrogen-bond donors (Lipinski definition) is 1. The van der Waals surface area contributed by atoms with Gasteiger partial charge in [0.1, 0.15) is 4.88 Å². The summed E-state index contributed by atoms with van der Waals surface area (Å²) < 4.78 is 0. The minimum Gasteiger partial charge on any atom is -0.476 e. The summed E-state index contributed by atoms with van der Waals surface area (Å²) >= 11 is 0.941. The molecule has 1 saturated heterocycles. The second-order valence-electron chi connectivity index (χ2n) is 4.89. The van der Waals surface area contributed by atoms with Gasteiger partial charge in [0.05, 0.1) is 6.20 Å². The molecule has 0 radical (unpaired) electrons. The predicted octanol–water partition coefficient (Wildman–Crippen LogP) is 1.01. The van der Waals surface area contributed by atoms with Crippen molar-refractivity contribution in [1.82, 2.24) is 14.8 Å². The first-order valence-electron chi connectivity index (χ1n) is 6.14. The SMILES string of the molecule is CN(C)CC1CCCN1C(=O)c1cnc(C(=O)O)s1. The van der Waals surface area contributed by atoms with Gasteiger partial charge >= 0.3 is 5.97 Å². The van der Waals surface area contributed by atoms with Crippen molar-refractivity contribution >= 4 is 23.2 Å². The van der Waals surface area contributed by atoms with Crippen molar-refractivity contribution < 1.29 is 14.7 Å². The van der Waals surface area contributed by atoms with Crippen LogP contribution in [0, 0.1) is 0 Å². The maximum absolute atomic E-state index is 12.4. The van der Waals surface area contributed by atoms with Crippen LogP contribution in [0.25, 0.3) is 0 Å². The van der Waals surface area contributed by atoms with Gasteiger partial charge in [-0.05, 0) is 26.9 Å². The van der Waals surface area contributed by atoms with Crippen LogP contribution >= 0.6 is 11.3 Å². The van der Waals surface area contributed by atoms with Crippen LogP contribution in [0.1, 0.15) is 32.3 Å². The third kappa shape index (κ3) is 3.10. The Balaban J connectivity index is 2.11. The Morgan fingerprint density at radius 3 is 2.89 bits per heavy atom. The molecule has 6 nitrogen and oxygen atoms in total. The molecule has 0 aromatic carbocycles. The summed E-state index contributed by atoms with van der Waals surface area (Å²) in [5.41, 5.74) is 0. The van der Waals surface area contributed by atoms with E-state index in [-0.39, 0.29) is 17.0 Å². The molecule has 1 unspecified atom stereocenters.